The molecule has 2 fully saturated rings. The standard InChI is InChI=1S/C21H25N5O2/c27-20(6-11-25-9-1-7-23-25)26-17-2-3-18(26)13-21(28,12-17)15-24-10-5-16-4-8-22-14-19(16)24/h1,4-5,7-10,14,17-18,28H,2-3,6,11-13,15H2. The number of rotatable bonds is 5. The van der Waals surface area contributed by atoms with Crippen molar-refractivity contribution in [2.45, 2.75) is 62.9 Å². The highest BCUT2D eigenvalue weighted by Gasteiger charge is 2.49. The highest BCUT2D eigenvalue weighted by atomic mass is 16.3. The monoisotopic (exact) mass is 379 g/mol. The Balaban J connectivity index is 1.28. The molecule has 146 valence electrons. The van der Waals surface area contributed by atoms with Crippen LogP contribution in [0, 0.1) is 0 Å². The predicted molar refractivity (Wildman–Crippen MR) is 104 cm³/mol. The van der Waals surface area contributed by atoms with Crippen molar-refractivity contribution in [2.75, 3.05) is 0 Å². The Kier molecular flexibility index (Phi) is 4.19. The van der Waals surface area contributed by atoms with Crippen LogP contribution in [0.4, 0.5) is 0 Å². The molecule has 3 aromatic rings. The molecule has 2 bridgehead atoms. The van der Waals surface area contributed by atoms with Gasteiger partial charge in [0.05, 0.1) is 23.9 Å². The molecule has 2 unspecified atom stereocenters. The first kappa shape index (κ1) is 17.4. The molecular weight excluding hydrogens is 354 g/mol. The zero-order valence-electron chi connectivity index (χ0n) is 15.8. The van der Waals surface area contributed by atoms with E-state index in [0.29, 0.717) is 32.4 Å². The third kappa shape index (κ3) is 3.09. The van der Waals surface area contributed by atoms with E-state index in [2.05, 4.69) is 20.7 Å². The molecule has 2 saturated heterocycles. The number of carbonyl (C=O) groups excluding carboxylic acids is 1. The van der Waals surface area contributed by atoms with Gasteiger partial charge in [-0.25, -0.2) is 0 Å². The Morgan fingerprint density at radius 3 is 2.75 bits per heavy atom. The number of piperidine rings is 1. The zero-order chi connectivity index (χ0) is 19.1. The maximum absolute atomic E-state index is 12.8. The molecular formula is C21H25N5O2. The fourth-order valence-electron chi connectivity index (χ4n) is 5.11. The quantitative estimate of drug-likeness (QED) is 0.737. The molecule has 2 aliphatic rings. The first-order chi connectivity index (χ1) is 13.6. The summed E-state index contributed by atoms with van der Waals surface area (Å²) in [7, 11) is 0. The summed E-state index contributed by atoms with van der Waals surface area (Å²) in [6.07, 6.45) is 13.0. The van der Waals surface area contributed by atoms with Gasteiger partial charge in [0, 0.05) is 55.2 Å². The van der Waals surface area contributed by atoms with Gasteiger partial charge in [0.25, 0.3) is 0 Å². The molecule has 0 spiro atoms. The van der Waals surface area contributed by atoms with Gasteiger partial charge in [0.15, 0.2) is 0 Å². The maximum atomic E-state index is 12.8. The van der Waals surface area contributed by atoms with E-state index in [-0.39, 0.29) is 18.0 Å². The molecule has 1 amide bonds. The number of hydrogen-bond acceptors (Lipinski definition) is 4. The van der Waals surface area contributed by atoms with Gasteiger partial charge < -0.3 is 14.6 Å². The van der Waals surface area contributed by atoms with Crippen molar-refractivity contribution in [2.24, 2.45) is 0 Å². The second-order valence-corrected chi connectivity index (χ2v) is 8.22. The molecule has 3 aromatic heterocycles. The van der Waals surface area contributed by atoms with Gasteiger partial charge >= 0.3 is 0 Å². The Morgan fingerprint density at radius 2 is 2.00 bits per heavy atom. The van der Waals surface area contributed by atoms with Gasteiger partial charge in [-0.05, 0) is 43.9 Å². The lowest BCUT2D eigenvalue weighted by molar-refractivity contribution is -0.142. The minimum absolute atomic E-state index is 0.133. The first-order valence-electron chi connectivity index (χ1n) is 10.0. The normalized spacial score (nSPS) is 26.8. The van der Waals surface area contributed by atoms with Crippen LogP contribution in [0.1, 0.15) is 32.1 Å². The topological polar surface area (TPSA) is 76.2 Å². The van der Waals surface area contributed by atoms with Crippen LogP contribution in [-0.4, -0.2) is 52.9 Å². The number of pyridine rings is 1. The van der Waals surface area contributed by atoms with Crippen LogP contribution < -0.4 is 0 Å². The average Bonchev–Trinajstić information content (AvgIpc) is 3.40. The summed E-state index contributed by atoms with van der Waals surface area (Å²) in [6, 6.07) is 6.18. The lowest BCUT2D eigenvalue weighted by Gasteiger charge is -2.44. The van der Waals surface area contributed by atoms with Gasteiger partial charge in [0.1, 0.15) is 0 Å². The van der Waals surface area contributed by atoms with E-state index >= 15 is 0 Å². The van der Waals surface area contributed by atoms with Crippen LogP contribution in [0.15, 0.2) is 49.2 Å². The van der Waals surface area contributed by atoms with Crippen LogP contribution in [-0.2, 0) is 17.9 Å². The molecule has 5 heterocycles. The summed E-state index contributed by atoms with van der Waals surface area (Å²) >= 11 is 0. The van der Waals surface area contributed by atoms with E-state index in [1.807, 2.05) is 35.6 Å². The summed E-state index contributed by atoms with van der Waals surface area (Å²) in [5.41, 5.74) is 0.257. The van der Waals surface area contributed by atoms with Crippen molar-refractivity contribution in [3.63, 3.8) is 0 Å². The van der Waals surface area contributed by atoms with Crippen molar-refractivity contribution in [1.82, 2.24) is 24.2 Å². The van der Waals surface area contributed by atoms with Crippen LogP contribution in [0.3, 0.4) is 0 Å². The van der Waals surface area contributed by atoms with Gasteiger partial charge in [-0.1, -0.05) is 0 Å². The minimum Gasteiger partial charge on any atom is -0.388 e. The Bertz CT molecular complexity index is 966. The molecule has 7 nitrogen and oxygen atoms in total. The molecule has 28 heavy (non-hydrogen) atoms. The van der Waals surface area contributed by atoms with E-state index in [1.54, 1.807) is 17.1 Å². The largest absolute Gasteiger partial charge is 0.388 e. The lowest BCUT2D eigenvalue weighted by atomic mass is 9.85. The summed E-state index contributed by atoms with van der Waals surface area (Å²) in [5.74, 6) is 0.181. The van der Waals surface area contributed by atoms with Crippen molar-refractivity contribution >= 4 is 16.8 Å². The molecule has 1 N–H and O–H groups in total. The van der Waals surface area contributed by atoms with Crippen molar-refractivity contribution in [3.8, 4) is 0 Å². The fourth-order valence-corrected chi connectivity index (χ4v) is 5.11. The molecule has 2 atom stereocenters. The number of aromatic nitrogens is 4. The van der Waals surface area contributed by atoms with Crippen molar-refractivity contribution < 1.29 is 9.90 Å². The molecule has 0 aliphatic carbocycles. The van der Waals surface area contributed by atoms with Crippen LogP contribution in [0.2, 0.25) is 0 Å². The highest BCUT2D eigenvalue weighted by Crippen LogP contribution is 2.42. The second kappa shape index (κ2) is 6.74. The van der Waals surface area contributed by atoms with Gasteiger partial charge in [0.2, 0.25) is 5.91 Å². The number of aryl methyl sites for hydroxylation is 1. The summed E-state index contributed by atoms with van der Waals surface area (Å²) < 4.78 is 3.89. The van der Waals surface area contributed by atoms with Crippen LogP contribution in [0.5, 0.6) is 0 Å². The number of hydrogen-bond donors (Lipinski definition) is 1. The number of fused-ring (bicyclic) bond motifs is 3. The molecule has 0 saturated carbocycles. The molecule has 2 aliphatic heterocycles. The zero-order valence-corrected chi connectivity index (χ0v) is 15.8. The first-order valence-corrected chi connectivity index (χ1v) is 10.0. The smallest absolute Gasteiger partial charge is 0.224 e. The van der Waals surface area contributed by atoms with Crippen molar-refractivity contribution in [1.29, 1.82) is 0 Å². The van der Waals surface area contributed by atoms with Gasteiger partial charge in [-0.15, -0.1) is 0 Å². The number of aliphatic hydroxyl groups is 1. The van der Waals surface area contributed by atoms with E-state index in [1.165, 1.54) is 0 Å². The van der Waals surface area contributed by atoms with Crippen LogP contribution >= 0.6 is 0 Å². The van der Waals surface area contributed by atoms with Gasteiger partial charge in [-0.2, -0.15) is 5.10 Å². The SMILES string of the molecule is O=C(CCn1cccn1)N1C2CCC1CC(O)(Cn1ccc3ccncc31)C2. The van der Waals surface area contributed by atoms with E-state index in [9.17, 15) is 9.90 Å². The second-order valence-electron chi connectivity index (χ2n) is 8.22. The number of carbonyl (C=O) groups is 1. The molecule has 7 heteroatoms. The number of amides is 1. The third-order valence-electron chi connectivity index (χ3n) is 6.29. The Labute approximate surface area is 163 Å². The summed E-state index contributed by atoms with van der Waals surface area (Å²) in [6.45, 7) is 1.15. The Morgan fingerprint density at radius 1 is 1.18 bits per heavy atom. The fraction of sp³-hybridized carbons (Fsp3) is 0.476. The molecule has 0 radical (unpaired) electrons. The van der Waals surface area contributed by atoms with E-state index < -0.39 is 5.60 Å². The predicted octanol–water partition coefficient (Wildman–Crippen LogP) is 2.21. The number of nitrogens with zero attached hydrogens (tertiary/aromatic N) is 5. The lowest BCUT2D eigenvalue weighted by Crippen LogP contribution is -2.54. The maximum Gasteiger partial charge on any atom is 0.224 e. The van der Waals surface area contributed by atoms with E-state index in [0.717, 1.165) is 23.7 Å². The van der Waals surface area contributed by atoms with Crippen LogP contribution in [0.25, 0.3) is 10.9 Å². The highest BCUT2D eigenvalue weighted by molar-refractivity contribution is 5.79. The average molecular weight is 379 g/mol. The third-order valence-corrected chi connectivity index (χ3v) is 6.29. The minimum atomic E-state index is -0.785. The summed E-state index contributed by atoms with van der Waals surface area (Å²) in [4.78, 5) is 19.1. The summed E-state index contributed by atoms with van der Waals surface area (Å²) in [5, 5.41) is 16.7. The van der Waals surface area contributed by atoms with Gasteiger partial charge in [-0.3, -0.25) is 14.5 Å². The molecule has 5 rings (SSSR count). The Hall–Kier alpha value is -2.67. The van der Waals surface area contributed by atoms with E-state index in [4.69, 9.17) is 0 Å². The van der Waals surface area contributed by atoms with Crippen molar-refractivity contribution in [3.05, 3.63) is 49.2 Å². The molecule has 0 aromatic carbocycles.